The third-order valence-electron chi connectivity index (χ3n) is 2.74. The molecule has 0 unspecified atom stereocenters. The van der Waals surface area contributed by atoms with Crippen LogP contribution in [0.4, 0.5) is 0 Å². The number of nitrogens with zero attached hydrogens (tertiary/aromatic N) is 1. The van der Waals surface area contributed by atoms with Crippen LogP contribution in [-0.4, -0.2) is 29.3 Å². The van der Waals surface area contributed by atoms with Crippen LogP contribution in [0.1, 0.15) is 27.6 Å². The Hall–Kier alpha value is -1.88. The van der Waals surface area contributed by atoms with Crippen LogP contribution < -0.4 is 5.73 Å². The summed E-state index contributed by atoms with van der Waals surface area (Å²) in [5.41, 5.74) is 7.35. The van der Waals surface area contributed by atoms with Crippen LogP contribution >= 0.6 is 0 Å². The van der Waals surface area contributed by atoms with Gasteiger partial charge in [-0.3, -0.25) is 14.5 Å². The van der Waals surface area contributed by atoms with Gasteiger partial charge in [-0.15, -0.1) is 0 Å². The molecule has 3 heterocycles. The Labute approximate surface area is 91.1 Å². The molecule has 0 saturated heterocycles. The van der Waals surface area contributed by atoms with E-state index in [4.69, 9.17) is 10.2 Å². The van der Waals surface area contributed by atoms with Crippen LogP contribution in [0.15, 0.2) is 16.5 Å². The molecule has 5 heteroatoms. The standard InChI is InChI=1S/C11H10N2O3/c1-5(12)4-13-10(14)8-6-2-3-7(16-6)9(8)11(13)15/h2-3,5H,4,12H2,1H3/t5-/m1/s1. The summed E-state index contributed by atoms with van der Waals surface area (Å²) in [6, 6.07) is 3.18. The quantitative estimate of drug-likeness (QED) is 0.757. The number of carbonyl (C=O) groups is 2. The van der Waals surface area contributed by atoms with Gasteiger partial charge in [0.25, 0.3) is 11.8 Å². The number of benzene rings is 1. The lowest BCUT2D eigenvalue weighted by Gasteiger charge is -2.15. The second-order valence-electron chi connectivity index (χ2n) is 4.11. The molecule has 0 fully saturated rings. The van der Waals surface area contributed by atoms with Gasteiger partial charge in [-0.05, 0) is 19.1 Å². The van der Waals surface area contributed by atoms with E-state index < -0.39 is 0 Å². The Morgan fingerprint density at radius 1 is 1.25 bits per heavy atom. The average molecular weight is 218 g/mol. The Morgan fingerprint density at radius 3 is 2.19 bits per heavy atom. The zero-order valence-corrected chi connectivity index (χ0v) is 8.69. The zero-order valence-electron chi connectivity index (χ0n) is 8.69. The van der Waals surface area contributed by atoms with Crippen molar-refractivity contribution in [1.29, 1.82) is 0 Å². The number of hydrogen-bond donors (Lipinski definition) is 1. The van der Waals surface area contributed by atoms with Gasteiger partial charge in [0.2, 0.25) is 0 Å². The summed E-state index contributed by atoms with van der Waals surface area (Å²) in [6.07, 6.45) is 0. The van der Waals surface area contributed by atoms with Gasteiger partial charge < -0.3 is 10.2 Å². The molecule has 2 amide bonds. The first-order valence-corrected chi connectivity index (χ1v) is 5.06. The molecule has 2 aromatic rings. The molecule has 0 aliphatic carbocycles. The van der Waals surface area contributed by atoms with E-state index in [9.17, 15) is 9.59 Å². The highest BCUT2D eigenvalue weighted by Crippen LogP contribution is 2.35. The van der Waals surface area contributed by atoms with Gasteiger partial charge >= 0.3 is 0 Å². The van der Waals surface area contributed by atoms with E-state index in [1.807, 2.05) is 0 Å². The lowest BCUT2D eigenvalue weighted by molar-refractivity contribution is 0.0647. The van der Waals surface area contributed by atoms with E-state index in [1.54, 1.807) is 19.1 Å². The third kappa shape index (κ3) is 0.979. The maximum absolute atomic E-state index is 12.0. The summed E-state index contributed by atoms with van der Waals surface area (Å²) < 4.78 is 5.28. The second kappa shape index (κ2) is 2.82. The van der Waals surface area contributed by atoms with Crippen molar-refractivity contribution in [3.8, 4) is 0 Å². The fourth-order valence-corrected chi connectivity index (χ4v) is 2.09. The molecule has 0 aromatic carbocycles. The highest BCUT2D eigenvalue weighted by Gasteiger charge is 2.41. The highest BCUT2D eigenvalue weighted by atomic mass is 16.3. The predicted molar refractivity (Wildman–Crippen MR) is 56.4 cm³/mol. The van der Waals surface area contributed by atoms with E-state index in [1.165, 1.54) is 4.90 Å². The number of imide groups is 1. The Balaban J connectivity index is 2.10. The Morgan fingerprint density at radius 2 is 1.75 bits per heavy atom. The number of hydrogen-bond acceptors (Lipinski definition) is 4. The molecule has 16 heavy (non-hydrogen) atoms. The molecule has 3 rings (SSSR count). The number of carbonyl (C=O) groups excluding carboxylic acids is 2. The molecule has 0 saturated carbocycles. The normalized spacial score (nSPS) is 17.5. The maximum Gasteiger partial charge on any atom is 0.265 e. The summed E-state index contributed by atoms with van der Waals surface area (Å²) in [7, 11) is 0. The number of furan rings is 2. The lowest BCUT2D eigenvalue weighted by atomic mass is 10.1. The van der Waals surface area contributed by atoms with Gasteiger partial charge in [-0.2, -0.15) is 0 Å². The van der Waals surface area contributed by atoms with E-state index in [0.29, 0.717) is 22.3 Å². The summed E-state index contributed by atoms with van der Waals surface area (Å²) in [5, 5.41) is 0. The van der Waals surface area contributed by atoms with Gasteiger partial charge in [0, 0.05) is 12.6 Å². The molecule has 82 valence electrons. The van der Waals surface area contributed by atoms with Crippen molar-refractivity contribution < 1.29 is 14.0 Å². The maximum atomic E-state index is 12.0. The van der Waals surface area contributed by atoms with Crippen LogP contribution in [0.3, 0.4) is 0 Å². The van der Waals surface area contributed by atoms with Crippen LogP contribution in [0.2, 0.25) is 0 Å². The monoisotopic (exact) mass is 218 g/mol. The smallest absolute Gasteiger partial charge is 0.265 e. The minimum Gasteiger partial charge on any atom is -0.456 e. The number of amides is 2. The molecular formula is C11H10N2O3. The molecule has 5 nitrogen and oxygen atoms in total. The number of nitrogens with two attached hydrogens (primary N) is 1. The third-order valence-corrected chi connectivity index (χ3v) is 2.74. The van der Waals surface area contributed by atoms with Crippen LogP contribution in [0.5, 0.6) is 0 Å². The van der Waals surface area contributed by atoms with Crippen molar-refractivity contribution in [2.45, 2.75) is 13.0 Å². The molecule has 0 spiro atoms. The van der Waals surface area contributed by atoms with Crippen molar-refractivity contribution in [1.82, 2.24) is 4.90 Å². The minimum absolute atomic E-state index is 0.227. The molecule has 1 aliphatic heterocycles. The van der Waals surface area contributed by atoms with Gasteiger partial charge in [0.15, 0.2) is 0 Å². The second-order valence-corrected chi connectivity index (χ2v) is 4.11. The minimum atomic E-state index is -0.299. The topological polar surface area (TPSA) is 76.5 Å². The fourth-order valence-electron chi connectivity index (χ4n) is 2.09. The lowest BCUT2D eigenvalue weighted by Crippen LogP contribution is -2.39. The SMILES string of the molecule is C[C@@H](N)CN1C(=O)c2c(c3ccc2o3)C1=O. The first-order valence-electron chi connectivity index (χ1n) is 5.06. The number of fused-ring (bicyclic) bond motifs is 5. The van der Waals surface area contributed by atoms with E-state index in [0.717, 1.165) is 0 Å². The summed E-state index contributed by atoms with van der Waals surface area (Å²) in [6.45, 7) is 2.00. The number of rotatable bonds is 2. The fraction of sp³-hybridized carbons (Fsp3) is 0.273. The van der Waals surface area contributed by atoms with Crippen molar-refractivity contribution in [2.24, 2.45) is 5.73 Å². The van der Waals surface area contributed by atoms with Crippen LogP contribution in [0.25, 0.3) is 11.2 Å². The average Bonchev–Trinajstić information content (AvgIpc) is 2.87. The van der Waals surface area contributed by atoms with Gasteiger partial charge in [-0.25, -0.2) is 0 Å². The van der Waals surface area contributed by atoms with Crippen molar-refractivity contribution in [3.63, 3.8) is 0 Å². The predicted octanol–water partition coefficient (Wildman–Crippen LogP) is 0.814. The van der Waals surface area contributed by atoms with E-state index in [2.05, 4.69) is 0 Å². The molecule has 0 radical (unpaired) electrons. The van der Waals surface area contributed by atoms with Crippen molar-refractivity contribution in [2.75, 3.05) is 6.54 Å². The summed E-state index contributed by atoms with van der Waals surface area (Å²) >= 11 is 0. The summed E-state index contributed by atoms with van der Waals surface area (Å²) in [4.78, 5) is 25.1. The first-order chi connectivity index (χ1) is 7.59. The van der Waals surface area contributed by atoms with Crippen molar-refractivity contribution in [3.05, 3.63) is 23.3 Å². The van der Waals surface area contributed by atoms with Gasteiger partial charge in [0.1, 0.15) is 11.2 Å². The molecule has 2 aromatic heterocycles. The Kier molecular flexibility index (Phi) is 1.65. The first kappa shape index (κ1) is 9.35. The highest BCUT2D eigenvalue weighted by molar-refractivity contribution is 6.27. The van der Waals surface area contributed by atoms with Crippen LogP contribution in [-0.2, 0) is 0 Å². The van der Waals surface area contributed by atoms with E-state index in [-0.39, 0.29) is 24.4 Å². The summed E-state index contributed by atoms with van der Waals surface area (Å²) in [5.74, 6) is -0.599. The largest absolute Gasteiger partial charge is 0.456 e. The zero-order chi connectivity index (χ0) is 11.4. The molecule has 2 N–H and O–H groups in total. The van der Waals surface area contributed by atoms with E-state index >= 15 is 0 Å². The molecular weight excluding hydrogens is 208 g/mol. The Bertz CT molecular complexity index is 540. The van der Waals surface area contributed by atoms with Gasteiger partial charge in [0.05, 0.1) is 11.1 Å². The van der Waals surface area contributed by atoms with Gasteiger partial charge in [-0.1, -0.05) is 0 Å². The van der Waals surface area contributed by atoms with Crippen molar-refractivity contribution >= 4 is 23.0 Å². The molecule has 2 bridgehead atoms. The molecule has 1 atom stereocenters. The van der Waals surface area contributed by atoms with Crippen LogP contribution in [0, 0.1) is 0 Å². The molecule has 1 aliphatic rings.